The van der Waals surface area contributed by atoms with Crippen LogP contribution < -0.4 is 5.32 Å². The summed E-state index contributed by atoms with van der Waals surface area (Å²) in [7, 11) is 0. The Balaban J connectivity index is 1.77. The lowest BCUT2D eigenvalue weighted by molar-refractivity contribution is 0.0966. The van der Waals surface area contributed by atoms with E-state index >= 15 is 0 Å². The van der Waals surface area contributed by atoms with Crippen LogP contribution >= 0.6 is 0 Å². The molecule has 2 heterocycles. The first-order valence-corrected chi connectivity index (χ1v) is 8.47. The van der Waals surface area contributed by atoms with Crippen LogP contribution in [0.5, 0.6) is 0 Å². The average molecular weight is 342 g/mol. The molecule has 5 rings (SSSR count). The van der Waals surface area contributed by atoms with Gasteiger partial charge in [0.05, 0.1) is 0 Å². The number of nitrogens with one attached hydrogen (secondary N) is 2. The van der Waals surface area contributed by atoms with Crippen LogP contribution in [0.15, 0.2) is 66.9 Å². The number of carbonyl (C=O) groups excluding carboxylic acids is 1. The van der Waals surface area contributed by atoms with Gasteiger partial charge < -0.3 is 10.3 Å². The minimum atomic E-state index is -0.275. The van der Waals surface area contributed by atoms with Crippen LogP contribution in [0.25, 0.3) is 33.2 Å². The van der Waals surface area contributed by atoms with Gasteiger partial charge in [0.1, 0.15) is 5.82 Å². The number of carbonyl (C=O) groups is 1. The number of rotatable bonds is 2. The molecule has 1 amide bonds. The summed E-state index contributed by atoms with van der Waals surface area (Å²) in [4.78, 5) is 15.3. The molecule has 4 aromatic rings. The van der Waals surface area contributed by atoms with Crippen LogP contribution in [-0.4, -0.2) is 10.9 Å². The van der Waals surface area contributed by atoms with Crippen LogP contribution in [0.3, 0.4) is 0 Å². The number of benzene rings is 3. The van der Waals surface area contributed by atoms with Crippen molar-refractivity contribution in [2.75, 3.05) is 0 Å². The van der Waals surface area contributed by atoms with Crippen LogP contribution in [0.2, 0.25) is 0 Å². The van der Waals surface area contributed by atoms with Crippen molar-refractivity contribution in [3.05, 3.63) is 83.8 Å². The summed E-state index contributed by atoms with van der Waals surface area (Å²) in [6.45, 7) is 0.539. The molecule has 0 radical (unpaired) electrons. The molecule has 0 bridgehead atoms. The third-order valence-electron chi connectivity index (χ3n) is 4.95. The van der Waals surface area contributed by atoms with Crippen molar-refractivity contribution in [1.29, 1.82) is 0 Å². The molecule has 2 N–H and O–H groups in total. The van der Waals surface area contributed by atoms with Gasteiger partial charge in [-0.1, -0.05) is 18.2 Å². The molecule has 126 valence electrons. The first kappa shape index (κ1) is 14.9. The SMILES string of the molecule is O=C1NCc2cc(-c3ccc4[nH]ccc4c3)c(-c3ccc(F)cc3)cc21. The van der Waals surface area contributed by atoms with Gasteiger partial charge >= 0.3 is 0 Å². The van der Waals surface area contributed by atoms with Gasteiger partial charge in [-0.25, -0.2) is 4.39 Å². The molecule has 0 unspecified atom stereocenters. The first-order chi connectivity index (χ1) is 12.7. The molecular formula is C22H15FN2O. The third-order valence-corrected chi connectivity index (χ3v) is 4.95. The standard InChI is InChI=1S/C22H15FN2O/c23-17-4-1-13(2-5-17)19-11-20-16(12-25-22(20)26)10-18(19)14-3-6-21-15(9-14)7-8-24-21/h1-11,24H,12H2,(H,25,26). The van der Waals surface area contributed by atoms with E-state index in [1.54, 1.807) is 12.1 Å². The fraction of sp³-hybridized carbons (Fsp3) is 0.0455. The van der Waals surface area contributed by atoms with E-state index in [0.29, 0.717) is 12.1 Å². The second kappa shape index (κ2) is 5.56. The van der Waals surface area contributed by atoms with E-state index in [4.69, 9.17) is 0 Å². The van der Waals surface area contributed by atoms with E-state index in [2.05, 4.69) is 34.6 Å². The minimum absolute atomic E-state index is 0.0593. The zero-order valence-corrected chi connectivity index (χ0v) is 13.8. The molecule has 1 aliphatic heterocycles. The van der Waals surface area contributed by atoms with E-state index in [9.17, 15) is 9.18 Å². The highest BCUT2D eigenvalue weighted by molar-refractivity contribution is 6.02. The van der Waals surface area contributed by atoms with Crippen LogP contribution in [0.1, 0.15) is 15.9 Å². The quantitative estimate of drug-likeness (QED) is 0.535. The smallest absolute Gasteiger partial charge is 0.251 e. The lowest BCUT2D eigenvalue weighted by Gasteiger charge is -2.13. The fourth-order valence-corrected chi connectivity index (χ4v) is 3.60. The summed E-state index contributed by atoms with van der Waals surface area (Å²) in [6, 6.07) is 18.7. The molecular weight excluding hydrogens is 327 g/mol. The number of hydrogen-bond donors (Lipinski definition) is 2. The predicted octanol–water partition coefficient (Wildman–Crippen LogP) is 4.88. The van der Waals surface area contributed by atoms with Gasteiger partial charge in [0.15, 0.2) is 0 Å². The maximum atomic E-state index is 13.4. The maximum Gasteiger partial charge on any atom is 0.251 e. The van der Waals surface area contributed by atoms with Crippen molar-refractivity contribution in [2.24, 2.45) is 0 Å². The molecule has 3 nitrogen and oxygen atoms in total. The first-order valence-electron chi connectivity index (χ1n) is 8.47. The Morgan fingerprint density at radius 2 is 1.58 bits per heavy atom. The van der Waals surface area contributed by atoms with E-state index in [1.807, 2.05) is 18.3 Å². The second-order valence-electron chi connectivity index (χ2n) is 6.52. The summed E-state index contributed by atoms with van der Waals surface area (Å²) in [6.07, 6.45) is 1.92. The Bertz CT molecular complexity index is 1160. The van der Waals surface area contributed by atoms with Gasteiger partial charge in [0.25, 0.3) is 5.91 Å². The average Bonchev–Trinajstić information content (AvgIpc) is 3.27. The Hall–Kier alpha value is -3.40. The number of H-pyrrole nitrogens is 1. The maximum absolute atomic E-state index is 13.4. The molecule has 3 aromatic carbocycles. The summed E-state index contributed by atoms with van der Waals surface area (Å²) in [5.74, 6) is -0.334. The van der Waals surface area contributed by atoms with E-state index < -0.39 is 0 Å². The molecule has 0 fully saturated rings. The molecule has 1 aliphatic rings. The summed E-state index contributed by atoms with van der Waals surface area (Å²) in [5, 5.41) is 4.00. The van der Waals surface area contributed by atoms with Crippen LogP contribution in [0, 0.1) is 5.82 Å². The summed E-state index contributed by atoms with van der Waals surface area (Å²) < 4.78 is 13.4. The number of amides is 1. The minimum Gasteiger partial charge on any atom is -0.361 e. The number of aromatic amines is 1. The highest BCUT2D eigenvalue weighted by Crippen LogP contribution is 2.37. The summed E-state index contributed by atoms with van der Waals surface area (Å²) >= 11 is 0. The fourth-order valence-electron chi connectivity index (χ4n) is 3.60. The monoisotopic (exact) mass is 342 g/mol. The Morgan fingerprint density at radius 3 is 2.42 bits per heavy atom. The van der Waals surface area contributed by atoms with Gasteiger partial charge in [0.2, 0.25) is 0 Å². The van der Waals surface area contributed by atoms with Crippen LogP contribution in [0.4, 0.5) is 4.39 Å². The molecule has 1 aromatic heterocycles. The van der Waals surface area contributed by atoms with Crippen molar-refractivity contribution in [1.82, 2.24) is 10.3 Å². The van der Waals surface area contributed by atoms with E-state index in [1.165, 1.54) is 12.1 Å². The van der Waals surface area contributed by atoms with E-state index in [-0.39, 0.29) is 11.7 Å². The molecule has 4 heteroatoms. The zero-order valence-electron chi connectivity index (χ0n) is 13.8. The normalized spacial score (nSPS) is 13.0. The van der Waals surface area contributed by atoms with Gasteiger partial charge in [0, 0.05) is 23.8 Å². The number of aromatic nitrogens is 1. The van der Waals surface area contributed by atoms with Crippen molar-refractivity contribution in [2.45, 2.75) is 6.54 Å². The van der Waals surface area contributed by atoms with Gasteiger partial charge in [-0.3, -0.25) is 4.79 Å². The van der Waals surface area contributed by atoms with Gasteiger partial charge in [-0.05, 0) is 75.7 Å². The number of hydrogen-bond acceptors (Lipinski definition) is 1. The largest absolute Gasteiger partial charge is 0.361 e. The highest BCUT2D eigenvalue weighted by atomic mass is 19.1. The van der Waals surface area contributed by atoms with Gasteiger partial charge in [-0.2, -0.15) is 0 Å². The Kier molecular flexibility index (Phi) is 3.19. The number of halogens is 1. The Labute approximate surface area is 149 Å². The molecule has 0 spiro atoms. The summed E-state index contributed by atoms with van der Waals surface area (Å²) in [5.41, 5.74) is 6.68. The molecule has 0 aliphatic carbocycles. The van der Waals surface area contributed by atoms with E-state index in [0.717, 1.165) is 38.7 Å². The predicted molar refractivity (Wildman–Crippen MR) is 100 cm³/mol. The highest BCUT2D eigenvalue weighted by Gasteiger charge is 2.22. The Morgan fingerprint density at radius 1 is 0.808 bits per heavy atom. The molecule has 26 heavy (non-hydrogen) atoms. The third kappa shape index (κ3) is 2.30. The number of fused-ring (bicyclic) bond motifs is 2. The van der Waals surface area contributed by atoms with Crippen molar-refractivity contribution < 1.29 is 9.18 Å². The molecule has 0 saturated carbocycles. The molecule has 0 saturated heterocycles. The van der Waals surface area contributed by atoms with Crippen molar-refractivity contribution in [3.8, 4) is 22.3 Å². The zero-order chi connectivity index (χ0) is 17.7. The second-order valence-corrected chi connectivity index (χ2v) is 6.52. The van der Waals surface area contributed by atoms with Crippen LogP contribution in [-0.2, 0) is 6.54 Å². The topological polar surface area (TPSA) is 44.9 Å². The van der Waals surface area contributed by atoms with Gasteiger partial charge in [-0.15, -0.1) is 0 Å². The lowest BCUT2D eigenvalue weighted by atomic mass is 9.90. The molecule has 0 atom stereocenters. The lowest BCUT2D eigenvalue weighted by Crippen LogP contribution is -2.12. The van der Waals surface area contributed by atoms with Crippen molar-refractivity contribution >= 4 is 16.8 Å². The van der Waals surface area contributed by atoms with Crippen molar-refractivity contribution in [3.63, 3.8) is 0 Å².